The third-order valence-corrected chi connectivity index (χ3v) is 1.09. The van der Waals surface area contributed by atoms with E-state index in [-0.39, 0.29) is 13.0 Å². The van der Waals surface area contributed by atoms with Crippen molar-refractivity contribution in [1.29, 1.82) is 0 Å². The highest BCUT2D eigenvalue weighted by atomic mass is 16.7. The number of carbonyl (C=O) groups is 2. The van der Waals surface area contributed by atoms with Gasteiger partial charge in [-0.05, 0) is 0 Å². The smallest absolute Gasteiger partial charge is 0.450 e. The third-order valence-electron chi connectivity index (χ3n) is 1.09. The Hall–Kier alpha value is -1.72. The lowest BCUT2D eigenvalue weighted by molar-refractivity contribution is 0.00631. The van der Waals surface area contributed by atoms with Crippen molar-refractivity contribution in [2.24, 2.45) is 0 Å². The van der Waals surface area contributed by atoms with Gasteiger partial charge in [-0.2, -0.15) is 0 Å². The molecule has 1 atom stereocenters. The maximum atomic E-state index is 10.1. The number of carboxylic acid groups (broad SMARTS) is 2. The molecule has 0 saturated carbocycles. The molecule has 0 aliphatic carbocycles. The summed E-state index contributed by atoms with van der Waals surface area (Å²) in [6.45, 7) is 3.03. The number of hydrogen-bond acceptors (Lipinski definition) is 4. The molecule has 6 heteroatoms. The van der Waals surface area contributed by atoms with Crippen molar-refractivity contribution in [2.45, 2.75) is 12.5 Å². The average Bonchev–Trinajstić information content (AvgIpc) is 1.99. The Bertz CT molecular complexity index is 199. The van der Waals surface area contributed by atoms with E-state index in [9.17, 15) is 9.59 Å². The monoisotopic (exact) mass is 190 g/mol. The van der Waals surface area contributed by atoms with Crippen LogP contribution in [0.2, 0.25) is 0 Å². The first kappa shape index (κ1) is 11.3. The van der Waals surface area contributed by atoms with Crippen molar-refractivity contribution in [1.82, 2.24) is 0 Å². The van der Waals surface area contributed by atoms with Gasteiger partial charge in [-0.25, -0.2) is 9.59 Å². The van der Waals surface area contributed by atoms with E-state index in [2.05, 4.69) is 16.1 Å². The van der Waals surface area contributed by atoms with Crippen LogP contribution in [0.1, 0.15) is 6.42 Å². The predicted octanol–water partition coefficient (Wildman–Crippen LogP) is 1.32. The van der Waals surface area contributed by atoms with Gasteiger partial charge in [0, 0.05) is 6.42 Å². The van der Waals surface area contributed by atoms with Crippen molar-refractivity contribution < 1.29 is 29.3 Å². The van der Waals surface area contributed by atoms with E-state index in [4.69, 9.17) is 10.2 Å². The van der Waals surface area contributed by atoms with Gasteiger partial charge in [-0.15, -0.1) is 6.58 Å². The van der Waals surface area contributed by atoms with E-state index in [1.165, 1.54) is 6.08 Å². The average molecular weight is 190 g/mol. The second-order valence-corrected chi connectivity index (χ2v) is 2.11. The van der Waals surface area contributed by atoms with Gasteiger partial charge in [-0.1, -0.05) is 6.08 Å². The molecular weight excluding hydrogens is 180 g/mol. The highest BCUT2D eigenvalue weighted by Crippen LogP contribution is 2.01. The van der Waals surface area contributed by atoms with Gasteiger partial charge in [0.25, 0.3) is 0 Å². The Kier molecular flexibility index (Phi) is 5.09. The fourth-order valence-corrected chi connectivity index (χ4v) is 0.643. The van der Waals surface area contributed by atoms with Gasteiger partial charge in [-0.3, -0.25) is 0 Å². The number of hydrogen-bond donors (Lipinski definition) is 2. The van der Waals surface area contributed by atoms with Crippen LogP contribution in [0.5, 0.6) is 0 Å². The van der Waals surface area contributed by atoms with E-state index < -0.39 is 18.4 Å². The molecular formula is C7H10O6. The van der Waals surface area contributed by atoms with Crippen LogP contribution in [-0.4, -0.2) is 35.2 Å². The predicted molar refractivity (Wildman–Crippen MR) is 41.7 cm³/mol. The van der Waals surface area contributed by atoms with E-state index in [1.54, 1.807) is 0 Å². The van der Waals surface area contributed by atoms with Crippen molar-refractivity contribution in [2.75, 3.05) is 6.61 Å². The van der Waals surface area contributed by atoms with Crippen LogP contribution in [0.3, 0.4) is 0 Å². The largest absolute Gasteiger partial charge is 0.506 e. The molecule has 0 heterocycles. The minimum atomic E-state index is -1.47. The van der Waals surface area contributed by atoms with Crippen LogP contribution in [0, 0.1) is 0 Å². The molecule has 0 bridgehead atoms. The van der Waals surface area contributed by atoms with Crippen molar-refractivity contribution >= 4 is 12.3 Å². The first-order valence-corrected chi connectivity index (χ1v) is 3.42. The standard InChI is InChI=1S/C7H10O6/c1-2-3-5(13-7(10)11)4-12-6(8)9/h2,5H,1,3-4H2,(H,8,9)(H,10,11). The molecule has 0 aromatic heterocycles. The zero-order valence-electron chi connectivity index (χ0n) is 6.80. The van der Waals surface area contributed by atoms with E-state index in [1.807, 2.05) is 0 Å². The minimum absolute atomic E-state index is 0.208. The Morgan fingerprint density at radius 2 is 2.00 bits per heavy atom. The first-order chi connectivity index (χ1) is 6.06. The van der Waals surface area contributed by atoms with Gasteiger partial charge in [0.05, 0.1) is 0 Å². The summed E-state index contributed by atoms with van der Waals surface area (Å²) in [7, 11) is 0. The molecule has 0 aliphatic rings. The molecule has 0 fully saturated rings. The van der Waals surface area contributed by atoms with Crippen molar-refractivity contribution in [3.63, 3.8) is 0 Å². The Morgan fingerprint density at radius 1 is 1.38 bits per heavy atom. The van der Waals surface area contributed by atoms with Gasteiger partial charge in [0.1, 0.15) is 12.7 Å². The third kappa shape index (κ3) is 6.67. The lowest BCUT2D eigenvalue weighted by atomic mass is 10.3. The Labute approximate surface area is 74.4 Å². The van der Waals surface area contributed by atoms with Gasteiger partial charge >= 0.3 is 12.3 Å². The Balaban J connectivity index is 3.85. The maximum absolute atomic E-state index is 10.1. The molecule has 0 spiro atoms. The summed E-state index contributed by atoms with van der Waals surface area (Å²) in [4.78, 5) is 20.0. The van der Waals surface area contributed by atoms with E-state index in [0.29, 0.717) is 0 Å². The van der Waals surface area contributed by atoms with Crippen LogP contribution in [0.15, 0.2) is 12.7 Å². The van der Waals surface area contributed by atoms with Crippen LogP contribution >= 0.6 is 0 Å². The van der Waals surface area contributed by atoms with Gasteiger partial charge in [0.15, 0.2) is 0 Å². The second kappa shape index (κ2) is 5.87. The number of rotatable bonds is 5. The fourth-order valence-electron chi connectivity index (χ4n) is 0.643. The molecule has 74 valence electrons. The maximum Gasteiger partial charge on any atom is 0.506 e. The van der Waals surface area contributed by atoms with Crippen LogP contribution < -0.4 is 0 Å². The summed E-state index contributed by atoms with van der Waals surface area (Å²) >= 11 is 0. The van der Waals surface area contributed by atoms with Gasteiger partial charge < -0.3 is 19.7 Å². The lowest BCUT2D eigenvalue weighted by Crippen LogP contribution is -2.23. The molecule has 0 aromatic rings. The molecule has 2 N–H and O–H groups in total. The molecule has 0 aromatic carbocycles. The molecule has 0 radical (unpaired) electrons. The minimum Gasteiger partial charge on any atom is -0.450 e. The summed E-state index contributed by atoms with van der Waals surface area (Å²) in [5.74, 6) is 0. The zero-order valence-corrected chi connectivity index (χ0v) is 6.80. The molecule has 0 amide bonds. The second-order valence-electron chi connectivity index (χ2n) is 2.11. The molecule has 1 unspecified atom stereocenters. The van der Waals surface area contributed by atoms with E-state index >= 15 is 0 Å². The topological polar surface area (TPSA) is 93.1 Å². The lowest BCUT2D eigenvalue weighted by Gasteiger charge is -2.12. The molecule has 13 heavy (non-hydrogen) atoms. The normalized spacial score (nSPS) is 11.4. The Morgan fingerprint density at radius 3 is 2.38 bits per heavy atom. The molecule has 0 saturated heterocycles. The highest BCUT2D eigenvalue weighted by Gasteiger charge is 2.13. The highest BCUT2D eigenvalue weighted by molar-refractivity contribution is 5.58. The van der Waals surface area contributed by atoms with Crippen LogP contribution in [-0.2, 0) is 9.47 Å². The van der Waals surface area contributed by atoms with Gasteiger partial charge in [0.2, 0.25) is 0 Å². The quantitative estimate of drug-likeness (QED) is 0.501. The molecule has 0 rings (SSSR count). The van der Waals surface area contributed by atoms with Crippen LogP contribution in [0.25, 0.3) is 0 Å². The van der Waals surface area contributed by atoms with E-state index in [0.717, 1.165) is 0 Å². The molecule has 0 aliphatic heterocycles. The summed E-state index contributed by atoms with van der Waals surface area (Å²) < 4.78 is 8.44. The van der Waals surface area contributed by atoms with Crippen molar-refractivity contribution in [3.8, 4) is 0 Å². The summed E-state index contributed by atoms with van der Waals surface area (Å²) in [5, 5.41) is 16.3. The summed E-state index contributed by atoms with van der Waals surface area (Å²) in [5.41, 5.74) is 0. The number of ether oxygens (including phenoxy) is 2. The summed E-state index contributed by atoms with van der Waals surface area (Å²) in [6, 6.07) is 0. The summed E-state index contributed by atoms with van der Waals surface area (Å²) in [6.07, 6.45) is -2.15. The van der Waals surface area contributed by atoms with Crippen LogP contribution in [0.4, 0.5) is 9.59 Å². The molecule has 6 nitrogen and oxygen atoms in total. The SMILES string of the molecule is C=CCC(COC(=O)O)OC(=O)O. The fraction of sp³-hybridized carbons (Fsp3) is 0.429. The first-order valence-electron chi connectivity index (χ1n) is 3.42. The van der Waals surface area contributed by atoms with Crippen molar-refractivity contribution in [3.05, 3.63) is 12.7 Å². The zero-order chi connectivity index (χ0) is 10.3.